The largest absolute Gasteiger partial charge is 0.458 e. The second-order valence-electron chi connectivity index (χ2n) is 4.62. The molecular formula is C15H14Cl2N2O2S. The van der Waals surface area contributed by atoms with Crippen molar-refractivity contribution in [1.29, 1.82) is 0 Å². The van der Waals surface area contributed by atoms with Crippen LogP contribution in [0.1, 0.15) is 18.5 Å². The molecule has 4 nitrogen and oxygen atoms in total. The molecule has 0 saturated heterocycles. The van der Waals surface area contributed by atoms with Crippen molar-refractivity contribution in [3.05, 3.63) is 57.7 Å². The Labute approximate surface area is 144 Å². The zero-order valence-electron chi connectivity index (χ0n) is 11.8. The fourth-order valence-corrected chi connectivity index (χ4v) is 2.93. The maximum atomic E-state index is 12.3. The van der Waals surface area contributed by atoms with Crippen molar-refractivity contribution in [2.24, 2.45) is 0 Å². The van der Waals surface area contributed by atoms with Crippen molar-refractivity contribution in [2.75, 3.05) is 6.61 Å². The number of carbonyl (C=O) groups is 1. The van der Waals surface area contributed by atoms with Crippen LogP contribution in [0, 0.1) is 0 Å². The third-order valence-corrected chi connectivity index (χ3v) is 3.88. The monoisotopic (exact) mass is 356 g/mol. The first-order valence-electron chi connectivity index (χ1n) is 6.45. The Morgan fingerprint density at radius 2 is 2.23 bits per heavy atom. The van der Waals surface area contributed by atoms with Crippen LogP contribution in [0.5, 0.6) is 0 Å². The molecule has 1 aliphatic heterocycles. The molecule has 0 spiro atoms. The number of carbonyl (C=O) groups excluding carboxylic acids is 1. The standard InChI is InChI=1S/C15H14Cl2N2O2S/c1-3-6-21-14(20)12-8(2)18-15(22)19-13(12)10-5-4-9(16)7-11(10)17/h3-5,7,13H,1,6H2,2H3,(H2,18,19,22)/t13-/m0/s1. The smallest absolute Gasteiger partial charge is 0.338 e. The van der Waals surface area contributed by atoms with Crippen LogP contribution in [0.25, 0.3) is 0 Å². The Morgan fingerprint density at radius 3 is 2.86 bits per heavy atom. The van der Waals surface area contributed by atoms with Gasteiger partial charge in [-0.15, -0.1) is 0 Å². The lowest BCUT2D eigenvalue weighted by molar-refractivity contribution is -0.138. The summed E-state index contributed by atoms with van der Waals surface area (Å²) in [5, 5.41) is 7.33. The van der Waals surface area contributed by atoms with Crippen molar-refractivity contribution >= 4 is 46.5 Å². The van der Waals surface area contributed by atoms with Gasteiger partial charge in [0, 0.05) is 15.7 Å². The Morgan fingerprint density at radius 1 is 1.50 bits per heavy atom. The molecule has 1 aromatic carbocycles. The predicted octanol–water partition coefficient (Wildman–Crippen LogP) is 3.52. The van der Waals surface area contributed by atoms with Crippen molar-refractivity contribution in [3.8, 4) is 0 Å². The zero-order chi connectivity index (χ0) is 16.3. The third kappa shape index (κ3) is 3.61. The summed E-state index contributed by atoms with van der Waals surface area (Å²) in [6, 6.07) is 4.57. The summed E-state index contributed by atoms with van der Waals surface area (Å²) in [5.74, 6) is -0.462. The highest BCUT2D eigenvalue weighted by molar-refractivity contribution is 7.80. The number of allylic oxidation sites excluding steroid dienone is 1. The van der Waals surface area contributed by atoms with E-state index in [1.165, 1.54) is 6.08 Å². The van der Waals surface area contributed by atoms with Crippen LogP contribution < -0.4 is 10.6 Å². The van der Waals surface area contributed by atoms with Gasteiger partial charge in [0.2, 0.25) is 0 Å². The zero-order valence-corrected chi connectivity index (χ0v) is 14.1. The van der Waals surface area contributed by atoms with E-state index in [-0.39, 0.29) is 6.61 Å². The number of halogens is 2. The summed E-state index contributed by atoms with van der Waals surface area (Å²) in [7, 11) is 0. The Hall–Kier alpha value is -1.56. The van der Waals surface area contributed by atoms with Crippen LogP contribution in [-0.4, -0.2) is 17.7 Å². The first-order chi connectivity index (χ1) is 10.4. The number of hydrogen-bond acceptors (Lipinski definition) is 3. The number of ether oxygens (including phenoxy) is 1. The average molecular weight is 357 g/mol. The number of nitrogens with one attached hydrogen (secondary N) is 2. The summed E-state index contributed by atoms with van der Waals surface area (Å²) in [5.41, 5.74) is 1.73. The van der Waals surface area contributed by atoms with E-state index in [0.717, 1.165) is 0 Å². The molecule has 0 fully saturated rings. The number of rotatable bonds is 4. The summed E-state index contributed by atoms with van der Waals surface area (Å²) >= 11 is 17.3. The summed E-state index contributed by atoms with van der Waals surface area (Å²) in [4.78, 5) is 12.3. The first-order valence-corrected chi connectivity index (χ1v) is 7.61. The van der Waals surface area contributed by atoms with Crippen molar-refractivity contribution in [1.82, 2.24) is 10.6 Å². The van der Waals surface area contributed by atoms with Gasteiger partial charge in [0.1, 0.15) is 6.61 Å². The lowest BCUT2D eigenvalue weighted by Gasteiger charge is -2.30. The molecule has 1 aromatic rings. The lowest BCUT2D eigenvalue weighted by atomic mass is 9.95. The second-order valence-corrected chi connectivity index (χ2v) is 5.88. The Balaban J connectivity index is 2.45. The fraction of sp³-hybridized carbons (Fsp3) is 0.200. The number of benzene rings is 1. The van der Waals surface area contributed by atoms with Crippen LogP contribution in [0.2, 0.25) is 10.0 Å². The molecule has 1 atom stereocenters. The lowest BCUT2D eigenvalue weighted by Crippen LogP contribution is -2.45. The van der Waals surface area contributed by atoms with E-state index >= 15 is 0 Å². The van der Waals surface area contributed by atoms with Gasteiger partial charge in [-0.25, -0.2) is 4.79 Å². The van der Waals surface area contributed by atoms with E-state index in [9.17, 15) is 4.79 Å². The van der Waals surface area contributed by atoms with Crippen LogP contribution in [0.4, 0.5) is 0 Å². The van der Waals surface area contributed by atoms with Gasteiger partial charge in [0.25, 0.3) is 0 Å². The maximum Gasteiger partial charge on any atom is 0.338 e. The van der Waals surface area contributed by atoms with Gasteiger partial charge < -0.3 is 15.4 Å². The molecule has 22 heavy (non-hydrogen) atoms. The molecule has 0 bridgehead atoms. The van der Waals surface area contributed by atoms with E-state index in [4.69, 9.17) is 40.2 Å². The highest BCUT2D eigenvalue weighted by Gasteiger charge is 2.32. The number of thiocarbonyl (C=S) groups is 1. The molecule has 116 valence electrons. The molecular weight excluding hydrogens is 343 g/mol. The van der Waals surface area contributed by atoms with E-state index in [1.54, 1.807) is 25.1 Å². The maximum absolute atomic E-state index is 12.3. The molecule has 0 aromatic heterocycles. The van der Waals surface area contributed by atoms with Crippen LogP contribution in [0.3, 0.4) is 0 Å². The van der Waals surface area contributed by atoms with Crippen LogP contribution in [-0.2, 0) is 9.53 Å². The number of esters is 1. The Bertz CT molecular complexity index is 674. The fourth-order valence-electron chi connectivity index (χ4n) is 2.15. The molecule has 0 saturated carbocycles. The highest BCUT2D eigenvalue weighted by atomic mass is 35.5. The van der Waals surface area contributed by atoms with Gasteiger partial charge in [-0.1, -0.05) is 41.9 Å². The number of hydrogen-bond donors (Lipinski definition) is 2. The predicted molar refractivity (Wildman–Crippen MR) is 91.9 cm³/mol. The minimum Gasteiger partial charge on any atom is -0.458 e. The first kappa shape index (κ1) is 16.8. The van der Waals surface area contributed by atoms with Gasteiger partial charge in [0.15, 0.2) is 5.11 Å². The van der Waals surface area contributed by atoms with E-state index < -0.39 is 12.0 Å². The molecule has 7 heteroatoms. The van der Waals surface area contributed by atoms with Crippen LogP contribution in [0.15, 0.2) is 42.1 Å². The van der Waals surface area contributed by atoms with Crippen LogP contribution >= 0.6 is 35.4 Å². The average Bonchev–Trinajstić information content (AvgIpc) is 2.44. The van der Waals surface area contributed by atoms with E-state index in [0.29, 0.717) is 32.0 Å². The minimum absolute atomic E-state index is 0.126. The second kappa shape index (κ2) is 7.13. The SMILES string of the molecule is C=CCOC(=O)C1=C(C)NC(=S)N[C@H]1c1ccc(Cl)cc1Cl. The Kier molecular flexibility index (Phi) is 5.45. The van der Waals surface area contributed by atoms with E-state index in [2.05, 4.69) is 17.2 Å². The topological polar surface area (TPSA) is 50.4 Å². The van der Waals surface area contributed by atoms with Gasteiger partial charge in [0.05, 0.1) is 11.6 Å². The molecule has 1 heterocycles. The molecule has 2 N–H and O–H groups in total. The molecule has 0 aliphatic carbocycles. The highest BCUT2D eigenvalue weighted by Crippen LogP contribution is 2.33. The summed E-state index contributed by atoms with van der Waals surface area (Å²) in [6.07, 6.45) is 1.51. The minimum atomic E-state index is -0.504. The molecule has 0 amide bonds. The molecule has 1 aliphatic rings. The van der Waals surface area contributed by atoms with Gasteiger partial charge in [-0.3, -0.25) is 0 Å². The molecule has 0 unspecified atom stereocenters. The molecule has 2 rings (SSSR count). The quantitative estimate of drug-likeness (QED) is 0.491. The van der Waals surface area contributed by atoms with Crippen molar-refractivity contribution in [2.45, 2.75) is 13.0 Å². The van der Waals surface area contributed by atoms with E-state index in [1.807, 2.05) is 0 Å². The summed E-state index contributed by atoms with van der Waals surface area (Å²) < 4.78 is 5.14. The third-order valence-electron chi connectivity index (χ3n) is 3.09. The van der Waals surface area contributed by atoms with Gasteiger partial charge >= 0.3 is 5.97 Å². The van der Waals surface area contributed by atoms with Gasteiger partial charge in [-0.05, 0) is 36.8 Å². The molecule has 0 radical (unpaired) electrons. The normalized spacial score (nSPS) is 17.6. The van der Waals surface area contributed by atoms with Gasteiger partial charge in [-0.2, -0.15) is 0 Å². The van der Waals surface area contributed by atoms with Crippen molar-refractivity contribution < 1.29 is 9.53 Å². The summed E-state index contributed by atoms with van der Waals surface area (Å²) in [6.45, 7) is 5.41. The van der Waals surface area contributed by atoms with Crippen molar-refractivity contribution in [3.63, 3.8) is 0 Å².